The number of aromatic nitrogens is 5. The van der Waals surface area contributed by atoms with Gasteiger partial charge in [-0.25, -0.2) is 28.7 Å². The maximum Gasteiger partial charge on any atom is 0.310 e. The number of nitrogens with zero attached hydrogens (tertiary/aromatic N) is 8. The molecule has 2 fully saturated rings. The van der Waals surface area contributed by atoms with Gasteiger partial charge in [-0.05, 0) is 97.3 Å². The Morgan fingerprint density at radius 2 is 1.69 bits per heavy atom. The molecule has 0 spiro atoms. The van der Waals surface area contributed by atoms with Crippen LogP contribution >= 0.6 is 0 Å². The smallest absolute Gasteiger partial charge is 0.310 e. The highest BCUT2D eigenvalue weighted by atomic mass is 19.3. The number of halogens is 2. The number of benzene rings is 2. The van der Waals surface area contributed by atoms with Crippen LogP contribution in [-0.4, -0.2) is 89.7 Å². The van der Waals surface area contributed by atoms with Gasteiger partial charge in [0.2, 0.25) is 11.6 Å². The molecule has 55 heavy (non-hydrogen) atoms. The summed E-state index contributed by atoms with van der Waals surface area (Å²) in [6, 6.07) is 15.8. The molecule has 0 amide bonds. The van der Waals surface area contributed by atoms with E-state index in [0.29, 0.717) is 92.5 Å². The molecule has 0 aliphatic carbocycles. The third-order valence-electron chi connectivity index (χ3n) is 11.4. The zero-order chi connectivity index (χ0) is 38.0. The van der Waals surface area contributed by atoms with Crippen LogP contribution < -0.4 is 4.90 Å². The Hall–Kier alpha value is -5.44. The van der Waals surface area contributed by atoms with Gasteiger partial charge in [-0.3, -0.25) is 19.6 Å². The lowest BCUT2D eigenvalue weighted by atomic mass is 9.90. The van der Waals surface area contributed by atoms with E-state index in [1.807, 2.05) is 42.2 Å². The second-order valence-electron chi connectivity index (χ2n) is 15.3. The van der Waals surface area contributed by atoms with E-state index in [1.54, 1.807) is 25.4 Å². The van der Waals surface area contributed by atoms with Crippen LogP contribution in [0.5, 0.6) is 0 Å². The van der Waals surface area contributed by atoms with Crippen LogP contribution in [0.25, 0.3) is 44.8 Å². The molecule has 0 bridgehead atoms. The summed E-state index contributed by atoms with van der Waals surface area (Å²) in [5, 5.41) is 19.6. The number of hydrogen-bond acceptors (Lipinski definition) is 11. The molecule has 0 saturated carbocycles. The molecule has 2 aromatic carbocycles. The van der Waals surface area contributed by atoms with E-state index < -0.39 is 23.6 Å². The first-order valence-corrected chi connectivity index (χ1v) is 18.6. The van der Waals surface area contributed by atoms with Crippen molar-refractivity contribution in [2.75, 3.05) is 37.6 Å². The Morgan fingerprint density at radius 3 is 2.45 bits per heavy atom. The normalized spacial score (nSPS) is 20.4. The fourth-order valence-corrected chi connectivity index (χ4v) is 8.40. The molecule has 3 aliphatic heterocycles. The fourth-order valence-electron chi connectivity index (χ4n) is 8.40. The molecule has 2 saturated heterocycles. The molecular formula is C41H40F2N8O4. The van der Waals surface area contributed by atoms with Gasteiger partial charge in [-0.1, -0.05) is 24.3 Å². The number of oxazole rings is 1. The molecule has 0 radical (unpaired) electrons. The minimum absolute atomic E-state index is 0.351. The SMILES string of the molecule is Cc1c(-c2nc3cc(CN4CC[C@@](C)(C(=O)O)C4)cnc3o2)cccc1-c1cccc2c1CCN2c1nc(C(F)F)nc2cc(CN3CC[C@@H](O)C3)cnc12. The zero-order valence-corrected chi connectivity index (χ0v) is 30.5. The second kappa shape index (κ2) is 13.7. The standard InChI is InChI=1S/C41H40F2N8O4/c1-23-27(5-3-6-28(23)38-47-32-16-25(18-45-39(32)55-38)20-50-14-11-41(2,22-50)40(53)54)29-7-4-8-33-30(29)10-13-51(33)37-34-31(46-36(48-37)35(42)43)15-24(17-44-34)19-49-12-9-26(52)21-49/h3-8,15-18,26,35,52H,9-14,19-22H2,1-2H3,(H,53,54)/t26-,41-/m1/s1. The van der Waals surface area contributed by atoms with Gasteiger partial charge in [-0.2, -0.15) is 0 Å². The van der Waals surface area contributed by atoms with Crippen LogP contribution in [0.2, 0.25) is 0 Å². The van der Waals surface area contributed by atoms with E-state index in [-0.39, 0.29) is 6.10 Å². The number of pyridine rings is 2. The predicted octanol–water partition coefficient (Wildman–Crippen LogP) is 6.70. The van der Waals surface area contributed by atoms with Crippen molar-refractivity contribution in [2.45, 2.75) is 58.7 Å². The molecule has 9 rings (SSSR count). The van der Waals surface area contributed by atoms with Crippen molar-refractivity contribution < 1.29 is 28.2 Å². The van der Waals surface area contributed by atoms with Gasteiger partial charge in [0.05, 0.1) is 17.0 Å². The van der Waals surface area contributed by atoms with Crippen LogP contribution in [0.15, 0.2) is 65.3 Å². The van der Waals surface area contributed by atoms with Crippen molar-refractivity contribution in [3.63, 3.8) is 0 Å². The van der Waals surface area contributed by atoms with Crippen molar-refractivity contribution in [2.24, 2.45) is 5.41 Å². The number of carbonyl (C=O) groups is 1. The Labute approximate surface area is 315 Å². The summed E-state index contributed by atoms with van der Waals surface area (Å²) in [7, 11) is 0. The quantitative estimate of drug-likeness (QED) is 0.163. The van der Waals surface area contributed by atoms with Crippen molar-refractivity contribution in [3.8, 4) is 22.6 Å². The number of carboxylic acid groups (broad SMARTS) is 1. The summed E-state index contributed by atoms with van der Waals surface area (Å²) in [6.45, 7) is 7.99. The van der Waals surface area contributed by atoms with Crippen LogP contribution in [0.3, 0.4) is 0 Å². The number of hydrogen-bond donors (Lipinski definition) is 2. The van der Waals surface area contributed by atoms with E-state index >= 15 is 0 Å². The number of fused-ring (bicyclic) bond motifs is 3. The van der Waals surface area contributed by atoms with Gasteiger partial charge < -0.3 is 19.5 Å². The van der Waals surface area contributed by atoms with E-state index in [0.717, 1.165) is 51.2 Å². The van der Waals surface area contributed by atoms with Crippen LogP contribution in [0, 0.1) is 12.3 Å². The lowest BCUT2D eigenvalue weighted by molar-refractivity contribution is -0.147. The molecule has 7 heterocycles. The number of carboxylic acids is 1. The van der Waals surface area contributed by atoms with Crippen LogP contribution in [0.1, 0.15) is 54.3 Å². The summed E-state index contributed by atoms with van der Waals surface area (Å²) >= 11 is 0. The highest BCUT2D eigenvalue weighted by Crippen LogP contribution is 2.43. The largest absolute Gasteiger partial charge is 0.481 e. The zero-order valence-electron chi connectivity index (χ0n) is 30.5. The first kappa shape index (κ1) is 35.3. The summed E-state index contributed by atoms with van der Waals surface area (Å²) in [4.78, 5) is 40.7. The average molecular weight is 747 g/mol. The number of aliphatic hydroxyl groups excluding tert-OH is 1. The monoisotopic (exact) mass is 746 g/mol. The first-order chi connectivity index (χ1) is 26.5. The molecule has 6 aromatic rings. The number of anilines is 2. The van der Waals surface area contributed by atoms with E-state index in [2.05, 4.69) is 36.9 Å². The first-order valence-electron chi connectivity index (χ1n) is 18.6. The third-order valence-corrected chi connectivity index (χ3v) is 11.4. The van der Waals surface area contributed by atoms with Gasteiger partial charge in [0.15, 0.2) is 11.6 Å². The predicted molar refractivity (Wildman–Crippen MR) is 202 cm³/mol. The topological polar surface area (TPSA) is 145 Å². The Bertz CT molecular complexity index is 2480. The maximum atomic E-state index is 14.2. The fraction of sp³-hybridized carbons (Fsp3) is 0.366. The van der Waals surface area contributed by atoms with Crippen LogP contribution in [0.4, 0.5) is 20.3 Å². The molecule has 0 unspecified atom stereocenters. The number of β-amino-alcohol motifs (C(OH)–C–C–N with tert-alkyl or cyclic N) is 1. The highest BCUT2D eigenvalue weighted by Gasteiger charge is 2.40. The van der Waals surface area contributed by atoms with Gasteiger partial charge >= 0.3 is 5.97 Å². The second-order valence-corrected chi connectivity index (χ2v) is 15.3. The van der Waals surface area contributed by atoms with Crippen LogP contribution in [-0.2, 0) is 24.3 Å². The van der Waals surface area contributed by atoms with Crippen molar-refractivity contribution in [1.29, 1.82) is 0 Å². The van der Waals surface area contributed by atoms with Crippen molar-refractivity contribution in [3.05, 3.63) is 89.0 Å². The molecule has 2 N–H and O–H groups in total. The molecule has 14 heteroatoms. The van der Waals surface area contributed by atoms with E-state index in [1.165, 1.54) is 0 Å². The molecule has 2 atom stereocenters. The Morgan fingerprint density at radius 1 is 0.945 bits per heavy atom. The average Bonchev–Trinajstić information content (AvgIpc) is 3.97. The molecule has 12 nitrogen and oxygen atoms in total. The number of rotatable bonds is 9. The highest BCUT2D eigenvalue weighted by molar-refractivity contribution is 5.91. The lowest BCUT2D eigenvalue weighted by Crippen LogP contribution is -2.31. The van der Waals surface area contributed by atoms with Crippen molar-refractivity contribution >= 4 is 39.7 Å². The minimum atomic E-state index is -2.85. The lowest BCUT2D eigenvalue weighted by Gasteiger charge is -2.21. The number of aliphatic hydroxyl groups is 1. The van der Waals surface area contributed by atoms with Gasteiger partial charge in [0.25, 0.3) is 6.43 Å². The minimum Gasteiger partial charge on any atom is -0.481 e. The van der Waals surface area contributed by atoms with Gasteiger partial charge in [0, 0.05) is 62.9 Å². The number of alkyl halides is 2. The van der Waals surface area contributed by atoms with Crippen molar-refractivity contribution in [1.82, 2.24) is 34.7 Å². The maximum absolute atomic E-state index is 14.2. The molecular weight excluding hydrogens is 706 g/mol. The Balaban J connectivity index is 1.02. The summed E-state index contributed by atoms with van der Waals surface area (Å²) in [5.41, 5.74) is 8.66. The number of likely N-dealkylation sites (tertiary alicyclic amines) is 2. The summed E-state index contributed by atoms with van der Waals surface area (Å²) in [5.74, 6) is -0.510. The summed E-state index contributed by atoms with van der Waals surface area (Å²) in [6.07, 6.45) is 2.27. The Kier molecular flexibility index (Phi) is 8.78. The summed E-state index contributed by atoms with van der Waals surface area (Å²) < 4.78 is 34.6. The van der Waals surface area contributed by atoms with E-state index in [4.69, 9.17) is 14.4 Å². The van der Waals surface area contributed by atoms with Gasteiger partial charge in [-0.15, -0.1) is 0 Å². The van der Waals surface area contributed by atoms with E-state index in [9.17, 15) is 23.8 Å². The molecule has 4 aromatic heterocycles. The molecule has 3 aliphatic rings. The van der Waals surface area contributed by atoms with Gasteiger partial charge in [0.1, 0.15) is 11.0 Å². The number of aliphatic carboxylic acids is 1. The third kappa shape index (κ3) is 6.47. The molecule has 282 valence electrons.